The second-order valence-electron chi connectivity index (χ2n) is 6.97. The number of rotatable bonds is 7. The van der Waals surface area contributed by atoms with E-state index < -0.39 is 0 Å². The number of likely N-dealkylation sites (tertiary alicyclic amines) is 1. The van der Waals surface area contributed by atoms with Gasteiger partial charge in [-0.15, -0.1) is 0 Å². The third kappa shape index (κ3) is 4.81. The fourth-order valence-electron chi connectivity index (χ4n) is 3.67. The first-order valence-electron chi connectivity index (χ1n) is 9.70. The highest BCUT2D eigenvalue weighted by Gasteiger charge is 2.26. The predicted octanol–water partition coefficient (Wildman–Crippen LogP) is 3.54. The lowest BCUT2D eigenvalue weighted by atomic mass is 9.97. The average molecular weight is 384 g/mol. The Morgan fingerprint density at radius 3 is 2.82 bits per heavy atom. The van der Waals surface area contributed by atoms with Crippen LogP contribution in [0.4, 0.5) is 0 Å². The minimum absolute atomic E-state index is 0.0386. The van der Waals surface area contributed by atoms with Crippen molar-refractivity contribution in [3.63, 3.8) is 0 Å². The molecule has 150 valence electrons. The van der Waals surface area contributed by atoms with Crippen LogP contribution in [0.15, 0.2) is 36.7 Å². The number of hydrogen-bond donors (Lipinski definition) is 0. The van der Waals surface area contributed by atoms with Crippen LogP contribution in [-0.2, 0) is 16.1 Å². The number of methoxy groups -OCH3 is 2. The molecule has 1 atom stereocenters. The Morgan fingerprint density at radius 2 is 2.07 bits per heavy atom. The minimum Gasteiger partial charge on any atom is -0.497 e. The monoisotopic (exact) mass is 384 g/mol. The molecular formula is C22H28N2O4. The Kier molecular flexibility index (Phi) is 6.87. The zero-order chi connectivity index (χ0) is 19.9. The van der Waals surface area contributed by atoms with Gasteiger partial charge < -0.3 is 14.2 Å². The predicted molar refractivity (Wildman–Crippen MR) is 107 cm³/mol. The van der Waals surface area contributed by atoms with Crippen LogP contribution in [0.5, 0.6) is 11.5 Å². The summed E-state index contributed by atoms with van der Waals surface area (Å²) in [6.07, 6.45) is 5.61. The fraction of sp³-hybridized carbons (Fsp3) is 0.455. The van der Waals surface area contributed by atoms with Crippen LogP contribution in [0.3, 0.4) is 0 Å². The van der Waals surface area contributed by atoms with E-state index in [1.54, 1.807) is 14.2 Å². The van der Waals surface area contributed by atoms with Crippen LogP contribution in [0.25, 0.3) is 11.1 Å². The molecule has 0 spiro atoms. The lowest BCUT2D eigenvalue weighted by Crippen LogP contribution is -2.38. The Labute approximate surface area is 166 Å². The van der Waals surface area contributed by atoms with Crippen molar-refractivity contribution in [1.82, 2.24) is 9.88 Å². The van der Waals surface area contributed by atoms with Gasteiger partial charge in [0.05, 0.1) is 26.7 Å². The Hall–Kier alpha value is -2.60. The fourth-order valence-corrected chi connectivity index (χ4v) is 3.67. The van der Waals surface area contributed by atoms with Gasteiger partial charge in [-0.2, -0.15) is 0 Å². The van der Waals surface area contributed by atoms with E-state index in [2.05, 4.69) is 16.0 Å². The number of carbonyl (C=O) groups is 1. The summed E-state index contributed by atoms with van der Waals surface area (Å²) in [5.74, 6) is 1.43. The van der Waals surface area contributed by atoms with Crippen molar-refractivity contribution >= 4 is 5.97 Å². The first-order chi connectivity index (χ1) is 13.6. The molecule has 1 aromatic carbocycles. The van der Waals surface area contributed by atoms with Gasteiger partial charge in [0.1, 0.15) is 11.5 Å². The number of esters is 1. The molecule has 1 fully saturated rings. The molecule has 2 heterocycles. The smallest absolute Gasteiger partial charge is 0.310 e. The number of pyridine rings is 1. The van der Waals surface area contributed by atoms with E-state index in [1.165, 1.54) is 0 Å². The van der Waals surface area contributed by atoms with Gasteiger partial charge in [-0.3, -0.25) is 14.7 Å². The largest absolute Gasteiger partial charge is 0.497 e. The number of benzene rings is 1. The third-order valence-electron chi connectivity index (χ3n) is 5.04. The van der Waals surface area contributed by atoms with Crippen molar-refractivity contribution in [3.8, 4) is 22.6 Å². The summed E-state index contributed by atoms with van der Waals surface area (Å²) in [4.78, 5) is 18.8. The maximum Gasteiger partial charge on any atom is 0.310 e. The minimum atomic E-state index is -0.0832. The topological polar surface area (TPSA) is 60.9 Å². The summed E-state index contributed by atoms with van der Waals surface area (Å²) in [7, 11) is 3.31. The van der Waals surface area contributed by atoms with Gasteiger partial charge in [-0.1, -0.05) is 0 Å². The Morgan fingerprint density at radius 1 is 1.21 bits per heavy atom. The van der Waals surface area contributed by atoms with E-state index in [-0.39, 0.29) is 11.9 Å². The van der Waals surface area contributed by atoms with Crippen LogP contribution in [0.2, 0.25) is 0 Å². The van der Waals surface area contributed by atoms with Gasteiger partial charge in [0.15, 0.2) is 0 Å². The highest BCUT2D eigenvalue weighted by atomic mass is 16.5. The summed E-state index contributed by atoms with van der Waals surface area (Å²) in [5, 5.41) is 0. The van der Waals surface area contributed by atoms with Crippen molar-refractivity contribution in [2.75, 3.05) is 33.9 Å². The van der Waals surface area contributed by atoms with Gasteiger partial charge in [-0.05, 0) is 56.1 Å². The lowest BCUT2D eigenvalue weighted by molar-refractivity contribution is -0.150. The van der Waals surface area contributed by atoms with Gasteiger partial charge in [0.25, 0.3) is 0 Å². The van der Waals surface area contributed by atoms with E-state index in [0.29, 0.717) is 6.61 Å². The normalized spacial score (nSPS) is 17.2. The SMILES string of the molecule is CCOC(=O)[C@H]1CCCN(Cc2cncc(-c3cc(OC)ccc3OC)c2)C1. The molecule has 6 nitrogen and oxygen atoms in total. The molecule has 0 N–H and O–H groups in total. The molecule has 0 radical (unpaired) electrons. The lowest BCUT2D eigenvalue weighted by Gasteiger charge is -2.31. The van der Waals surface area contributed by atoms with Gasteiger partial charge in [0, 0.05) is 36.6 Å². The van der Waals surface area contributed by atoms with Crippen molar-refractivity contribution in [3.05, 3.63) is 42.2 Å². The van der Waals surface area contributed by atoms with Gasteiger partial charge in [0.2, 0.25) is 0 Å². The molecule has 3 rings (SSSR count). The quantitative estimate of drug-likeness (QED) is 0.681. The van der Waals surface area contributed by atoms with E-state index in [0.717, 1.165) is 60.7 Å². The average Bonchev–Trinajstić information content (AvgIpc) is 2.74. The second-order valence-corrected chi connectivity index (χ2v) is 6.97. The number of piperidine rings is 1. The molecule has 1 aromatic heterocycles. The number of nitrogens with zero attached hydrogens (tertiary/aromatic N) is 2. The third-order valence-corrected chi connectivity index (χ3v) is 5.04. The summed E-state index contributed by atoms with van der Waals surface area (Å²) >= 11 is 0. The first-order valence-corrected chi connectivity index (χ1v) is 9.70. The molecule has 0 saturated carbocycles. The summed E-state index contributed by atoms with van der Waals surface area (Å²) in [6.45, 7) is 4.74. The van der Waals surface area contributed by atoms with Crippen LogP contribution in [0.1, 0.15) is 25.3 Å². The number of aromatic nitrogens is 1. The molecule has 1 saturated heterocycles. The highest BCUT2D eigenvalue weighted by Crippen LogP contribution is 2.33. The Bertz CT molecular complexity index is 809. The van der Waals surface area contributed by atoms with Crippen LogP contribution < -0.4 is 9.47 Å². The summed E-state index contributed by atoms with van der Waals surface area (Å²) in [6, 6.07) is 7.86. The molecule has 0 amide bonds. The maximum atomic E-state index is 12.1. The standard InChI is InChI=1S/C22H28N2O4/c1-4-28-22(25)17-6-5-9-24(15-17)14-16-10-18(13-23-12-16)20-11-19(26-2)7-8-21(20)27-3/h7-8,10-13,17H,4-6,9,14-15H2,1-3H3/t17-/m0/s1. The van der Waals surface area contributed by atoms with Crippen molar-refractivity contribution < 1.29 is 19.0 Å². The molecule has 28 heavy (non-hydrogen) atoms. The van der Waals surface area contributed by atoms with Crippen molar-refractivity contribution in [2.24, 2.45) is 5.92 Å². The van der Waals surface area contributed by atoms with Crippen LogP contribution >= 0.6 is 0 Å². The van der Waals surface area contributed by atoms with Crippen LogP contribution in [0, 0.1) is 5.92 Å². The molecule has 1 aliphatic heterocycles. The maximum absolute atomic E-state index is 12.1. The molecule has 2 aromatic rings. The first kappa shape index (κ1) is 20.1. The van der Waals surface area contributed by atoms with E-state index in [9.17, 15) is 4.79 Å². The van der Waals surface area contributed by atoms with Gasteiger partial charge >= 0.3 is 5.97 Å². The molecule has 0 bridgehead atoms. The van der Waals surface area contributed by atoms with E-state index >= 15 is 0 Å². The van der Waals surface area contributed by atoms with Crippen molar-refractivity contribution in [1.29, 1.82) is 0 Å². The van der Waals surface area contributed by atoms with Crippen molar-refractivity contribution in [2.45, 2.75) is 26.3 Å². The molecule has 0 aliphatic carbocycles. The number of ether oxygens (including phenoxy) is 3. The zero-order valence-corrected chi connectivity index (χ0v) is 16.8. The molecule has 1 aliphatic rings. The summed E-state index contributed by atoms with van der Waals surface area (Å²) < 4.78 is 16.1. The van der Waals surface area contributed by atoms with Crippen LogP contribution in [-0.4, -0.2) is 49.8 Å². The molecule has 0 unspecified atom stereocenters. The number of carbonyl (C=O) groups excluding carboxylic acids is 1. The second kappa shape index (κ2) is 9.55. The Balaban J connectivity index is 1.76. The zero-order valence-electron chi connectivity index (χ0n) is 16.8. The number of hydrogen-bond acceptors (Lipinski definition) is 6. The van der Waals surface area contributed by atoms with E-state index in [4.69, 9.17) is 14.2 Å². The molecule has 6 heteroatoms. The van der Waals surface area contributed by atoms with Gasteiger partial charge in [-0.25, -0.2) is 0 Å². The summed E-state index contributed by atoms with van der Waals surface area (Å²) in [5.41, 5.74) is 3.03. The highest BCUT2D eigenvalue weighted by molar-refractivity contribution is 5.73. The molecular weight excluding hydrogens is 356 g/mol. The van der Waals surface area contributed by atoms with E-state index in [1.807, 2.05) is 37.5 Å².